The van der Waals surface area contributed by atoms with E-state index in [2.05, 4.69) is 5.32 Å². The second-order valence-electron chi connectivity index (χ2n) is 4.22. The fraction of sp³-hybridized carbons (Fsp3) is 0.200. The molecule has 2 rings (SSSR count). The third-order valence-electron chi connectivity index (χ3n) is 2.93. The summed E-state index contributed by atoms with van der Waals surface area (Å²) in [5.41, 5.74) is 1.69. The lowest BCUT2D eigenvalue weighted by Crippen LogP contribution is -2.19. The normalized spacial score (nSPS) is 12.4. The van der Waals surface area contributed by atoms with Gasteiger partial charge in [-0.1, -0.05) is 48.0 Å². The first-order valence-electron chi connectivity index (χ1n) is 5.89. The van der Waals surface area contributed by atoms with Crippen molar-refractivity contribution < 1.29 is 4.39 Å². The lowest BCUT2D eigenvalue weighted by molar-refractivity contribution is 0.544. The van der Waals surface area contributed by atoms with E-state index in [4.69, 9.17) is 11.6 Å². The third-order valence-corrected chi connectivity index (χ3v) is 3.27. The highest BCUT2D eigenvalue weighted by molar-refractivity contribution is 6.31. The Hall–Kier alpha value is -1.38. The molecule has 0 aliphatic heterocycles. The van der Waals surface area contributed by atoms with Crippen LogP contribution in [0, 0.1) is 5.82 Å². The summed E-state index contributed by atoms with van der Waals surface area (Å²) in [6.45, 7) is 2.50. The Morgan fingerprint density at radius 2 is 1.78 bits per heavy atom. The van der Waals surface area contributed by atoms with Gasteiger partial charge in [-0.2, -0.15) is 0 Å². The maximum Gasteiger partial charge on any atom is 0.127 e. The van der Waals surface area contributed by atoms with Crippen molar-refractivity contribution in [3.8, 4) is 0 Å². The van der Waals surface area contributed by atoms with Gasteiger partial charge >= 0.3 is 0 Å². The number of benzene rings is 2. The summed E-state index contributed by atoms with van der Waals surface area (Å²) in [5.74, 6) is -0.184. The maximum atomic E-state index is 13.5. The fourth-order valence-electron chi connectivity index (χ4n) is 1.84. The van der Waals surface area contributed by atoms with Crippen molar-refractivity contribution in [1.29, 1.82) is 0 Å². The molecular formula is C15H15ClFN. The van der Waals surface area contributed by atoms with Crippen LogP contribution < -0.4 is 5.32 Å². The van der Waals surface area contributed by atoms with Gasteiger partial charge in [0.1, 0.15) is 5.82 Å². The van der Waals surface area contributed by atoms with Gasteiger partial charge in [0.2, 0.25) is 0 Å². The predicted octanol–water partition coefficient (Wildman–Crippen LogP) is 4.33. The molecule has 0 spiro atoms. The van der Waals surface area contributed by atoms with Crippen LogP contribution in [-0.2, 0) is 6.54 Å². The molecular weight excluding hydrogens is 249 g/mol. The van der Waals surface area contributed by atoms with Gasteiger partial charge in [0, 0.05) is 23.2 Å². The number of halogens is 2. The highest BCUT2D eigenvalue weighted by Crippen LogP contribution is 2.22. The summed E-state index contributed by atoms with van der Waals surface area (Å²) >= 11 is 6.12. The van der Waals surface area contributed by atoms with Crippen LogP contribution in [0.5, 0.6) is 0 Å². The molecule has 1 unspecified atom stereocenters. The molecule has 0 aliphatic rings. The molecule has 18 heavy (non-hydrogen) atoms. The van der Waals surface area contributed by atoms with E-state index in [1.54, 1.807) is 12.1 Å². The summed E-state index contributed by atoms with van der Waals surface area (Å²) in [7, 11) is 0. The Labute approximate surface area is 112 Å². The minimum atomic E-state index is -0.184. The van der Waals surface area contributed by atoms with Gasteiger partial charge in [-0.15, -0.1) is 0 Å². The van der Waals surface area contributed by atoms with Crippen LogP contribution in [0.25, 0.3) is 0 Å². The molecule has 0 aliphatic carbocycles. The topological polar surface area (TPSA) is 12.0 Å². The molecule has 3 heteroatoms. The Morgan fingerprint density at radius 3 is 2.50 bits per heavy atom. The van der Waals surface area contributed by atoms with Gasteiger partial charge in [0.15, 0.2) is 0 Å². The average Bonchev–Trinajstić information content (AvgIpc) is 2.38. The third kappa shape index (κ3) is 3.09. The monoisotopic (exact) mass is 263 g/mol. The van der Waals surface area contributed by atoms with Crippen molar-refractivity contribution >= 4 is 11.6 Å². The van der Waals surface area contributed by atoms with Crippen LogP contribution in [0.15, 0.2) is 48.5 Å². The Kier molecular flexibility index (Phi) is 4.34. The van der Waals surface area contributed by atoms with Gasteiger partial charge in [-0.25, -0.2) is 4.39 Å². The van der Waals surface area contributed by atoms with Crippen LogP contribution in [0.1, 0.15) is 24.1 Å². The molecule has 0 saturated heterocycles. The van der Waals surface area contributed by atoms with Crippen molar-refractivity contribution in [3.63, 3.8) is 0 Å². The van der Waals surface area contributed by atoms with E-state index in [0.717, 1.165) is 10.6 Å². The molecule has 0 heterocycles. The van der Waals surface area contributed by atoms with Crippen LogP contribution in [-0.4, -0.2) is 0 Å². The molecule has 0 saturated carbocycles. The van der Waals surface area contributed by atoms with E-state index in [-0.39, 0.29) is 11.9 Å². The minimum Gasteiger partial charge on any atom is -0.306 e. The molecule has 0 fully saturated rings. The molecule has 2 aromatic carbocycles. The highest BCUT2D eigenvalue weighted by Gasteiger charge is 2.09. The second-order valence-corrected chi connectivity index (χ2v) is 4.62. The van der Waals surface area contributed by atoms with E-state index in [1.165, 1.54) is 6.07 Å². The summed E-state index contributed by atoms with van der Waals surface area (Å²) < 4.78 is 13.5. The smallest absolute Gasteiger partial charge is 0.127 e. The zero-order valence-electron chi connectivity index (χ0n) is 10.2. The van der Waals surface area contributed by atoms with Crippen LogP contribution >= 0.6 is 11.6 Å². The molecule has 0 bridgehead atoms. The average molecular weight is 264 g/mol. The molecule has 2 aromatic rings. The summed E-state index contributed by atoms with van der Waals surface area (Å²) in [6.07, 6.45) is 0. The van der Waals surface area contributed by atoms with Crippen LogP contribution in [0.3, 0.4) is 0 Å². The largest absolute Gasteiger partial charge is 0.306 e. The summed E-state index contributed by atoms with van der Waals surface area (Å²) in [4.78, 5) is 0. The second kappa shape index (κ2) is 5.98. The van der Waals surface area contributed by atoms with Crippen molar-refractivity contribution in [2.24, 2.45) is 0 Å². The van der Waals surface area contributed by atoms with Crippen LogP contribution in [0.2, 0.25) is 5.02 Å². The SMILES string of the molecule is CC(NCc1ccccc1F)c1ccccc1Cl. The number of hydrogen-bond donors (Lipinski definition) is 1. The molecule has 0 amide bonds. The van der Waals surface area contributed by atoms with Gasteiger partial charge < -0.3 is 5.32 Å². The first-order chi connectivity index (χ1) is 8.68. The summed E-state index contributed by atoms with van der Waals surface area (Å²) in [5, 5.41) is 4.00. The molecule has 0 aromatic heterocycles. The quantitative estimate of drug-likeness (QED) is 0.866. The van der Waals surface area contributed by atoms with E-state index in [9.17, 15) is 4.39 Å². The molecule has 1 atom stereocenters. The standard InChI is InChI=1S/C15H15ClFN/c1-11(13-7-3-4-8-14(13)16)18-10-12-6-2-5-9-15(12)17/h2-9,11,18H,10H2,1H3. The van der Waals surface area contributed by atoms with Crippen molar-refractivity contribution in [1.82, 2.24) is 5.32 Å². The van der Waals surface area contributed by atoms with E-state index >= 15 is 0 Å². The van der Waals surface area contributed by atoms with Crippen LogP contribution in [0.4, 0.5) is 4.39 Å². The van der Waals surface area contributed by atoms with E-state index in [1.807, 2.05) is 37.3 Å². The highest BCUT2D eigenvalue weighted by atomic mass is 35.5. The Balaban J connectivity index is 2.03. The van der Waals surface area contributed by atoms with Gasteiger partial charge in [0.25, 0.3) is 0 Å². The van der Waals surface area contributed by atoms with Crippen molar-refractivity contribution in [2.75, 3.05) is 0 Å². The van der Waals surface area contributed by atoms with Crippen molar-refractivity contribution in [2.45, 2.75) is 19.5 Å². The van der Waals surface area contributed by atoms with Gasteiger partial charge in [-0.05, 0) is 24.6 Å². The van der Waals surface area contributed by atoms with Gasteiger partial charge in [0.05, 0.1) is 0 Å². The first kappa shape index (κ1) is 13.1. The predicted molar refractivity (Wildman–Crippen MR) is 73.1 cm³/mol. The lowest BCUT2D eigenvalue weighted by Gasteiger charge is -2.15. The molecule has 1 N–H and O–H groups in total. The zero-order chi connectivity index (χ0) is 13.0. The number of hydrogen-bond acceptors (Lipinski definition) is 1. The zero-order valence-corrected chi connectivity index (χ0v) is 10.9. The van der Waals surface area contributed by atoms with Crippen molar-refractivity contribution in [3.05, 3.63) is 70.5 Å². The number of nitrogens with one attached hydrogen (secondary N) is 1. The fourth-order valence-corrected chi connectivity index (χ4v) is 2.14. The molecule has 94 valence electrons. The van der Waals surface area contributed by atoms with E-state index < -0.39 is 0 Å². The van der Waals surface area contributed by atoms with Gasteiger partial charge in [-0.3, -0.25) is 0 Å². The first-order valence-corrected chi connectivity index (χ1v) is 6.27. The maximum absolute atomic E-state index is 13.5. The molecule has 0 radical (unpaired) electrons. The number of rotatable bonds is 4. The lowest BCUT2D eigenvalue weighted by atomic mass is 10.1. The Bertz CT molecular complexity index is 527. The molecule has 1 nitrogen and oxygen atoms in total. The van der Waals surface area contributed by atoms with E-state index in [0.29, 0.717) is 12.1 Å². The Morgan fingerprint density at radius 1 is 1.11 bits per heavy atom. The minimum absolute atomic E-state index is 0.0818. The summed E-state index contributed by atoms with van der Waals surface area (Å²) in [6, 6.07) is 14.5.